The van der Waals surface area contributed by atoms with Crippen LogP contribution in [0.25, 0.3) is 0 Å². The minimum absolute atomic E-state index is 0.175. The molecule has 0 saturated carbocycles. The molecule has 1 unspecified atom stereocenters. The van der Waals surface area contributed by atoms with Gasteiger partial charge in [-0.3, -0.25) is 4.98 Å². The molecule has 0 aliphatic rings. The van der Waals surface area contributed by atoms with Gasteiger partial charge in [0.1, 0.15) is 6.33 Å². The SMILES string of the molecule is CNC(Cc1cncc(Br)c1)c1ccncn1. The third-order valence-corrected chi connectivity index (χ3v) is 2.95. The highest BCUT2D eigenvalue weighted by molar-refractivity contribution is 9.10. The molecule has 5 heteroatoms. The Kier molecular flexibility index (Phi) is 4.17. The minimum atomic E-state index is 0.175. The van der Waals surface area contributed by atoms with E-state index in [1.807, 2.05) is 19.3 Å². The Balaban J connectivity index is 2.16. The van der Waals surface area contributed by atoms with Crippen molar-refractivity contribution in [2.24, 2.45) is 0 Å². The van der Waals surface area contributed by atoms with Crippen LogP contribution in [0, 0.1) is 0 Å². The Bertz CT molecular complexity index is 475. The van der Waals surface area contributed by atoms with Crippen molar-refractivity contribution in [3.05, 3.63) is 52.8 Å². The van der Waals surface area contributed by atoms with Crippen LogP contribution in [0.4, 0.5) is 0 Å². The smallest absolute Gasteiger partial charge is 0.115 e. The molecule has 88 valence electrons. The molecule has 1 atom stereocenters. The molecule has 0 spiro atoms. The van der Waals surface area contributed by atoms with E-state index in [4.69, 9.17) is 0 Å². The lowest BCUT2D eigenvalue weighted by Crippen LogP contribution is -2.20. The maximum Gasteiger partial charge on any atom is 0.115 e. The number of halogens is 1. The summed E-state index contributed by atoms with van der Waals surface area (Å²) in [5, 5.41) is 3.25. The number of nitrogens with one attached hydrogen (secondary N) is 1. The lowest BCUT2D eigenvalue weighted by Gasteiger charge is -2.15. The average molecular weight is 293 g/mol. The summed E-state index contributed by atoms with van der Waals surface area (Å²) in [7, 11) is 1.93. The van der Waals surface area contributed by atoms with Gasteiger partial charge in [-0.1, -0.05) is 0 Å². The van der Waals surface area contributed by atoms with Crippen molar-refractivity contribution >= 4 is 15.9 Å². The summed E-state index contributed by atoms with van der Waals surface area (Å²) in [6.07, 6.45) is 7.82. The van der Waals surface area contributed by atoms with Crippen molar-refractivity contribution in [3.63, 3.8) is 0 Å². The Morgan fingerprint density at radius 1 is 1.35 bits per heavy atom. The van der Waals surface area contributed by atoms with Crippen molar-refractivity contribution in [1.29, 1.82) is 0 Å². The second kappa shape index (κ2) is 5.84. The first kappa shape index (κ1) is 12.1. The van der Waals surface area contributed by atoms with E-state index in [0.29, 0.717) is 0 Å². The predicted molar refractivity (Wildman–Crippen MR) is 69.5 cm³/mol. The van der Waals surface area contributed by atoms with Gasteiger partial charge in [0.25, 0.3) is 0 Å². The molecule has 0 aromatic carbocycles. The number of likely N-dealkylation sites (N-methyl/N-ethyl adjacent to an activating group) is 1. The highest BCUT2D eigenvalue weighted by atomic mass is 79.9. The van der Waals surface area contributed by atoms with Gasteiger partial charge in [0, 0.05) is 23.1 Å². The summed E-state index contributed by atoms with van der Waals surface area (Å²) in [5.41, 5.74) is 2.15. The van der Waals surface area contributed by atoms with Crippen molar-refractivity contribution in [2.45, 2.75) is 12.5 Å². The fourth-order valence-electron chi connectivity index (χ4n) is 1.66. The zero-order chi connectivity index (χ0) is 12.1. The molecule has 0 saturated heterocycles. The number of aromatic nitrogens is 3. The van der Waals surface area contributed by atoms with Gasteiger partial charge < -0.3 is 5.32 Å². The molecule has 1 N–H and O–H groups in total. The minimum Gasteiger partial charge on any atom is -0.311 e. The van der Waals surface area contributed by atoms with E-state index in [0.717, 1.165) is 22.2 Å². The molecule has 4 nitrogen and oxygen atoms in total. The standard InChI is InChI=1S/C12H13BrN4/c1-14-12(11-2-3-15-8-17-11)5-9-4-10(13)7-16-6-9/h2-4,6-8,12,14H,5H2,1H3. The maximum absolute atomic E-state index is 4.26. The van der Waals surface area contributed by atoms with E-state index in [9.17, 15) is 0 Å². The third kappa shape index (κ3) is 3.31. The molecular formula is C12H13BrN4. The number of hydrogen-bond donors (Lipinski definition) is 1. The first-order valence-corrected chi connectivity index (χ1v) is 6.11. The van der Waals surface area contributed by atoms with Gasteiger partial charge in [0.05, 0.1) is 11.7 Å². The van der Waals surface area contributed by atoms with Gasteiger partial charge in [-0.05, 0) is 47.1 Å². The van der Waals surface area contributed by atoms with Gasteiger partial charge >= 0.3 is 0 Å². The van der Waals surface area contributed by atoms with Gasteiger partial charge in [0.15, 0.2) is 0 Å². The fourth-order valence-corrected chi connectivity index (χ4v) is 2.08. The van der Waals surface area contributed by atoms with Crippen LogP contribution in [0.2, 0.25) is 0 Å². The summed E-state index contributed by atoms with van der Waals surface area (Å²) < 4.78 is 0.993. The van der Waals surface area contributed by atoms with Crippen LogP contribution in [0.3, 0.4) is 0 Å². The van der Waals surface area contributed by atoms with Crippen LogP contribution < -0.4 is 5.32 Å². The number of hydrogen-bond acceptors (Lipinski definition) is 4. The first-order chi connectivity index (χ1) is 8.29. The molecule has 0 aliphatic carbocycles. The molecule has 0 fully saturated rings. The van der Waals surface area contributed by atoms with E-state index < -0.39 is 0 Å². The molecule has 0 radical (unpaired) electrons. The Labute approximate surface area is 109 Å². The van der Waals surface area contributed by atoms with Gasteiger partial charge in [-0.25, -0.2) is 9.97 Å². The molecule has 0 bridgehead atoms. The summed E-state index contributed by atoms with van der Waals surface area (Å²) >= 11 is 3.42. The number of rotatable bonds is 4. The van der Waals surface area contributed by atoms with Crippen molar-refractivity contribution in [2.75, 3.05) is 7.05 Å². The molecule has 0 aliphatic heterocycles. The van der Waals surface area contributed by atoms with E-state index in [-0.39, 0.29) is 6.04 Å². The Morgan fingerprint density at radius 2 is 2.24 bits per heavy atom. The molecule has 2 rings (SSSR count). The van der Waals surface area contributed by atoms with Crippen LogP contribution in [0.5, 0.6) is 0 Å². The summed E-state index contributed by atoms with van der Waals surface area (Å²) in [5.74, 6) is 0. The van der Waals surface area contributed by atoms with Crippen LogP contribution in [-0.2, 0) is 6.42 Å². The number of nitrogens with zero attached hydrogens (tertiary/aromatic N) is 3. The van der Waals surface area contributed by atoms with E-state index >= 15 is 0 Å². The van der Waals surface area contributed by atoms with Crippen molar-refractivity contribution in [3.8, 4) is 0 Å². The monoisotopic (exact) mass is 292 g/mol. The highest BCUT2D eigenvalue weighted by Gasteiger charge is 2.11. The van der Waals surface area contributed by atoms with Crippen LogP contribution in [0.1, 0.15) is 17.3 Å². The van der Waals surface area contributed by atoms with Gasteiger partial charge in [0.2, 0.25) is 0 Å². The largest absolute Gasteiger partial charge is 0.311 e. The molecule has 0 amide bonds. The number of pyridine rings is 1. The zero-order valence-corrected chi connectivity index (χ0v) is 11.1. The molecule has 2 heterocycles. The Hall–Kier alpha value is -1.33. The normalized spacial score (nSPS) is 12.4. The summed E-state index contributed by atoms with van der Waals surface area (Å²) in [6.45, 7) is 0. The second-order valence-corrected chi connectivity index (χ2v) is 4.61. The summed E-state index contributed by atoms with van der Waals surface area (Å²) in [6, 6.07) is 4.17. The maximum atomic E-state index is 4.26. The topological polar surface area (TPSA) is 50.7 Å². The van der Waals surface area contributed by atoms with Crippen LogP contribution in [0.15, 0.2) is 41.5 Å². The third-order valence-electron chi connectivity index (χ3n) is 2.51. The van der Waals surface area contributed by atoms with E-state index in [1.54, 1.807) is 18.7 Å². The van der Waals surface area contributed by atoms with Crippen molar-refractivity contribution in [1.82, 2.24) is 20.3 Å². The van der Waals surface area contributed by atoms with Crippen LogP contribution in [-0.4, -0.2) is 22.0 Å². The van der Waals surface area contributed by atoms with Crippen molar-refractivity contribution < 1.29 is 0 Å². The van der Waals surface area contributed by atoms with Crippen LogP contribution >= 0.6 is 15.9 Å². The first-order valence-electron chi connectivity index (χ1n) is 5.32. The lowest BCUT2D eigenvalue weighted by atomic mass is 10.1. The molecule has 17 heavy (non-hydrogen) atoms. The Morgan fingerprint density at radius 3 is 2.88 bits per heavy atom. The fraction of sp³-hybridized carbons (Fsp3) is 0.250. The predicted octanol–water partition coefficient (Wildman–Crippen LogP) is 2.14. The van der Waals surface area contributed by atoms with E-state index in [1.165, 1.54) is 0 Å². The molecule has 2 aromatic rings. The molecular weight excluding hydrogens is 280 g/mol. The highest BCUT2D eigenvalue weighted by Crippen LogP contribution is 2.17. The summed E-state index contributed by atoms with van der Waals surface area (Å²) in [4.78, 5) is 12.3. The lowest BCUT2D eigenvalue weighted by molar-refractivity contribution is 0.573. The zero-order valence-electron chi connectivity index (χ0n) is 9.47. The van der Waals surface area contributed by atoms with Gasteiger partial charge in [-0.2, -0.15) is 0 Å². The van der Waals surface area contributed by atoms with Gasteiger partial charge in [-0.15, -0.1) is 0 Å². The quantitative estimate of drug-likeness (QED) is 0.938. The second-order valence-electron chi connectivity index (χ2n) is 3.69. The average Bonchev–Trinajstić information content (AvgIpc) is 2.37. The molecule has 2 aromatic heterocycles. The van der Waals surface area contributed by atoms with E-state index in [2.05, 4.69) is 42.3 Å².